The summed E-state index contributed by atoms with van der Waals surface area (Å²) in [7, 11) is -3.83. The molecular formula is C21H24N2O3S. The minimum absolute atomic E-state index is 0.130. The Morgan fingerprint density at radius 3 is 2.52 bits per heavy atom. The lowest BCUT2D eigenvalue weighted by atomic mass is 9.87. The molecule has 0 aliphatic rings. The molecule has 0 saturated carbocycles. The fraction of sp³-hybridized carbons (Fsp3) is 0.286. The summed E-state index contributed by atoms with van der Waals surface area (Å²) in [6.07, 6.45) is 1.52. The van der Waals surface area contributed by atoms with Crippen molar-refractivity contribution in [3.8, 4) is 5.75 Å². The van der Waals surface area contributed by atoms with E-state index in [9.17, 15) is 8.42 Å². The van der Waals surface area contributed by atoms with E-state index in [0.29, 0.717) is 18.0 Å². The Balaban J connectivity index is 2.04. The van der Waals surface area contributed by atoms with Crippen LogP contribution in [0.4, 0.5) is 5.69 Å². The van der Waals surface area contributed by atoms with E-state index in [2.05, 4.69) is 9.71 Å². The average molecular weight is 385 g/mol. The van der Waals surface area contributed by atoms with E-state index in [0.717, 1.165) is 16.5 Å². The van der Waals surface area contributed by atoms with Crippen LogP contribution >= 0.6 is 0 Å². The molecule has 3 aromatic rings. The highest BCUT2D eigenvalue weighted by atomic mass is 32.2. The van der Waals surface area contributed by atoms with Gasteiger partial charge in [0.05, 0.1) is 24.0 Å². The third kappa shape index (κ3) is 4.22. The van der Waals surface area contributed by atoms with Gasteiger partial charge < -0.3 is 4.74 Å². The second kappa shape index (κ2) is 7.19. The Bertz CT molecular complexity index is 1070. The lowest BCUT2D eigenvalue weighted by Gasteiger charge is -2.21. The maximum atomic E-state index is 13.1. The molecule has 0 fully saturated rings. The van der Waals surface area contributed by atoms with Crippen molar-refractivity contribution in [1.82, 2.24) is 4.98 Å². The molecule has 6 heteroatoms. The Morgan fingerprint density at radius 2 is 1.81 bits per heavy atom. The molecule has 0 aliphatic heterocycles. The third-order valence-electron chi connectivity index (χ3n) is 4.24. The summed E-state index contributed by atoms with van der Waals surface area (Å²) in [5.74, 6) is 0.340. The van der Waals surface area contributed by atoms with Crippen molar-refractivity contribution in [3.63, 3.8) is 0 Å². The van der Waals surface area contributed by atoms with Crippen molar-refractivity contribution in [2.24, 2.45) is 0 Å². The number of pyridine rings is 1. The van der Waals surface area contributed by atoms with Crippen molar-refractivity contribution in [3.05, 3.63) is 60.3 Å². The van der Waals surface area contributed by atoms with E-state index >= 15 is 0 Å². The van der Waals surface area contributed by atoms with Crippen LogP contribution in [0.1, 0.15) is 33.3 Å². The van der Waals surface area contributed by atoms with Crippen LogP contribution in [0, 0.1) is 0 Å². The normalized spacial score (nSPS) is 12.1. The summed E-state index contributed by atoms with van der Waals surface area (Å²) in [6.45, 7) is 8.34. The molecule has 3 rings (SSSR count). The molecule has 0 unspecified atom stereocenters. The van der Waals surface area contributed by atoms with Gasteiger partial charge in [-0.25, -0.2) is 8.42 Å². The minimum Gasteiger partial charge on any atom is -0.492 e. The fourth-order valence-corrected chi connectivity index (χ4v) is 4.00. The fourth-order valence-electron chi connectivity index (χ4n) is 2.80. The van der Waals surface area contributed by atoms with E-state index in [1.807, 2.05) is 58.0 Å². The van der Waals surface area contributed by atoms with Crippen molar-refractivity contribution < 1.29 is 13.2 Å². The molecule has 142 valence electrons. The molecule has 0 atom stereocenters. The predicted molar refractivity (Wildman–Crippen MR) is 109 cm³/mol. The van der Waals surface area contributed by atoms with Gasteiger partial charge in [0.1, 0.15) is 10.6 Å². The summed E-state index contributed by atoms with van der Waals surface area (Å²) >= 11 is 0. The first-order chi connectivity index (χ1) is 12.7. The van der Waals surface area contributed by atoms with Gasteiger partial charge in [0.15, 0.2) is 0 Å². The first-order valence-electron chi connectivity index (χ1n) is 8.85. The van der Waals surface area contributed by atoms with E-state index in [1.165, 1.54) is 6.20 Å². The molecule has 0 bridgehead atoms. The smallest absolute Gasteiger partial charge is 0.265 e. The number of anilines is 1. The Morgan fingerprint density at radius 1 is 1.07 bits per heavy atom. The Hall–Kier alpha value is -2.60. The first kappa shape index (κ1) is 19.2. The number of para-hydroxylation sites is 1. The molecule has 1 N–H and O–H groups in total. The highest BCUT2D eigenvalue weighted by Gasteiger charge is 2.24. The average Bonchev–Trinajstić information content (AvgIpc) is 2.61. The largest absolute Gasteiger partial charge is 0.492 e. The third-order valence-corrected chi connectivity index (χ3v) is 5.64. The van der Waals surface area contributed by atoms with Crippen LogP contribution in [-0.2, 0) is 15.4 Å². The number of rotatable bonds is 5. The van der Waals surface area contributed by atoms with Crippen molar-refractivity contribution in [1.29, 1.82) is 0 Å². The number of nitrogens with zero attached hydrogens (tertiary/aromatic N) is 1. The van der Waals surface area contributed by atoms with Crippen LogP contribution in [0.25, 0.3) is 10.9 Å². The Kier molecular flexibility index (Phi) is 5.11. The highest BCUT2D eigenvalue weighted by Crippen LogP contribution is 2.32. The van der Waals surface area contributed by atoms with Crippen LogP contribution in [0.2, 0.25) is 0 Å². The second-order valence-electron chi connectivity index (χ2n) is 7.37. The minimum atomic E-state index is -3.83. The lowest BCUT2D eigenvalue weighted by Crippen LogP contribution is -2.17. The number of fused-ring (bicyclic) bond motifs is 1. The number of aromatic nitrogens is 1. The van der Waals surface area contributed by atoms with Crippen LogP contribution < -0.4 is 9.46 Å². The van der Waals surface area contributed by atoms with Crippen molar-refractivity contribution in [2.75, 3.05) is 11.3 Å². The van der Waals surface area contributed by atoms with Crippen LogP contribution in [0.15, 0.2) is 59.6 Å². The molecule has 0 radical (unpaired) electrons. The monoisotopic (exact) mass is 384 g/mol. The topological polar surface area (TPSA) is 68.3 Å². The molecule has 27 heavy (non-hydrogen) atoms. The molecule has 1 heterocycles. The predicted octanol–water partition coefficient (Wildman–Crippen LogP) is 4.73. The van der Waals surface area contributed by atoms with E-state index in [4.69, 9.17) is 4.74 Å². The standard InChI is InChI=1S/C21H24N2O3S/c1-5-26-19-11-10-16(21(2,3)4)13-20(19)27(24,25)23-17-12-15-8-6-7-9-18(15)22-14-17/h6-14,23H,5H2,1-4H3. The molecule has 0 aliphatic carbocycles. The van der Waals surface area contributed by atoms with Gasteiger partial charge in [0, 0.05) is 5.39 Å². The number of sulfonamides is 1. The van der Waals surface area contributed by atoms with Crippen LogP contribution in [0.5, 0.6) is 5.75 Å². The van der Waals surface area contributed by atoms with Gasteiger partial charge in [-0.05, 0) is 42.2 Å². The number of hydrogen-bond acceptors (Lipinski definition) is 4. The Labute approximate surface area is 160 Å². The van der Waals surface area contributed by atoms with Gasteiger partial charge in [-0.2, -0.15) is 0 Å². The van der Waals surface area contributed by atoms with Gasteiger partial charge in [0.2, 0.25) is 0 Å². The van der Waals surface area contributed by atoms with Gasteiger partial charge in [-0.15, -0.1) is 0 Å². The van der Waals surface area contributed by atoms with Gasteiger partial charge in [-0.3, -0.25) is 9.71 Å². The van der Waals surface area contributed by atoms with Crippen LogP contribution in [0.3, 0.4) is 0 Å². The number of ether oxygens (including phenoxy) is 1. The van der Waals surface area contributed by atoms with E-state index < -0.39 is 10.0 Å². The number of hydrogen-bond donors (Lipinski definition) is 1. The van der Waals surface area contributed by atoms with E-state index in [1.54, 1.807) is 18.2 Å². The molecular weight excluding hydrogens is 360 g/mol. The zero-order valence-electron chi connectivity index (χ0n) is 16.0. The SMILES string of the molecule is CCOc1ccc(C(C)(C)C)cc1S(=O)(=O)Nc1cnc2ccccc2c1. The van der Waals surface area contributed by atoms with Crippen molar-refractivity contribution in [2.45, 2.75) is 38.0 Å². The summed E-state index contributed by atoms with van der Waals surface area (Å²) < 4.78 is 34.4. The second-order valence-corrected chi connectivity index (χ2v) is 9.02. The lowest BCUT2D eigenvalue weighted by molar-refractivity contribution is 0.331. The maximum Gasteiger partial charge on any atom is 0.265 e. The van der Waals surface area contributed by atoms with Gasteiger partial charge >= 0.3 is 0 Å². The molecule has 2 aromatic carbocycles. The summed E-state index contributed by atoms with van der Waals surface area (Å²) in [5.41, 5.74) is 1.96. The van der Waals surface area contributed by atoms with Crippen LogP contribution in [-0.4, -0.2) is 20.0 Å². The number of benzene rings is 2. The zero-order valence-corrected chi connectivity index (χ0v) is 16.8. The number of nitrogens with one attached hydrogen (secondary N) is 1. The summed E-state index contributed by atoms with van der Waals surface area (Å²) in [6, 6.07) is 14.6. The molecule has 0 amide bonds. The molecule has 0 spiro atoms. The zero-order chi connectivity index (χ0) is 19.7. The van der Waals surface area contributed by atoms with Crippen molar-refractivity contribution >= 4 is 26.6 Å². The van der Waals surface area contributed by atoms with Gasteiger partial charge in [-0.1, -0.05) is 45.0 Å². The van der Waals surface area contributed by atoms with E-state index in [-0.39, 0.29) is 10.3 Å². The maximum absolute atomic E-state index is 13.1. The molecule has 0 saturated heterocycles. The highest BCUT2D eigenvalue weighted by molar-refractivity contribution is 7.92. The summed E-state index contributed by atoms with van der Waals surface area (Å²) in [4.78, 5) is 4.45. The summed E-state index contributed by atoms with van der Waals surface area (Å²) in [5, 5.41) is 0.867. The molecule has 5 nitrogen and oxygen atoms in total. The quantitative estimate of drug-likeness (QED) is 0.690. The first-order valence-corrected chi connectivity index (χ1v) is 10.3. The van der Waals surface area contributed by atoms with Gasteiger partial charge in [0.25, 0.3) is 10.0 Å². The molecule has 1 aromatic heterocycles.